The van der Waals surface area contributed by atoms with E-state index in [9.17, 15) is 13.6 Å². The van der Waals surface area contributed by atoms with Crippen LogP contribution >= 0.6 is 0 Å². The molecular formula is C22H15F2NO2. The van der Waals surface area contributed by atoms with E-state index in [1.165, 1.54) is 31.4 Å². The minimum atomic E-state index is -0.506. The maximum atomic E-state index is 13.3. The number of fused-ring (bicyclic) bond motifs is 1. The van der Waals surface area contributed by atoms with E-state index >= 15 is 0 Å². The van der Waals surface area contributed by atoms with Gasteiger partial charge in [0.05, 0.1) is 7.11 Å². The lowest BCUT2D eigenvalue weighted by Gasteiger charge is -2.05. The number of hydrogen-bond acceptors (Lipinski definition) is 2. The van der Waals surface area contributed by atoms with Crippen molar-refractivity contribution < 1.29 is 18.3 Å². The van der Waals surface area contributed by atoms with Crippen molar-refractivity contribution in [3.8, 4) is 22.3 Å². The number of methoxy groups -OCH3 is 1. The normalized spacial score (nSPS) is 10.9. The average Bonchev–Trinajstić information content (AvgIpc) is 3.07. The van der Waals surface area contributed by atoms with Gasteiger partial charge in [-0.1, -0.05) is 36.4 Å². The molecule has 1 aromatic heterocycles. The minimum Gasteiger partial charge on any atom is -0.464 e. The SMILES string of the molecule is COC(=O)c1[nH]c2cc(-c3ccc(F)cc3)ccc2c1-c1ccc(F)cc1. The predicted octanol–water partition coefficient (Wildman–Crippen LogP) is 5.57. The van der Waals surface area contributed by atoms with Crippen LogP contribution in [0.3, 0.4) is 0 Å². The molecule has 4 aromatic rings. The van der Waals surface area contributed by atoms with Crippen LogP contribution in [0, 0.1) is 11.6 Å². The first-order valence-corrected chi connectivity index (χ1v) is 8.33. The van der Waals surface area contributed by atoms with E-state index in [-0.39, 0.29) is 11.6 Å². The standard InChI is InChI=1S/C22H15F2NO2/c1-27-22(26)21-20(14-4-9-17(24)10-5-14)18-11-6-15(12-19(18)25-21)13-2-7-16(23)8-3-13/h2-12,25H,1H3. The Labute approximate surface area is 154 Å². The highest BCUT2D eigenvalue weighted by Crippen LogP contribution is 2.35. The molecule has 0 radical (unpaired) electrons. The second-order valence-electron chi connectivity index (χ2n) is 6.14. The van der Waals surface area contributed by atoms with Gasteiger partial charge < -0.3 is 9.72 Å². The first-order valence-electron chi connectivity index (χ1n) is 8.33. The number of aromatic nitrogens is 1. The molecule has 5 heteroatoms. The maximum Gasteiger partial charge on any atom is 0.355 e. The molecule has 1 N–H and O–H groups in total. The zero-order valence-electron chi connectivity index (χ0n) is 14.4. The molecule has 0 fully saturated rings. The fraction of sp³-hybridized carbons (Fsp3) is 0.0455. The second kappa shape index (κ2) is 6.68. The van der Waals surface area contributed by atoms with Gasteiger partial charge in [-0.15, -0.1) is 0 Å². The summed E-state index contributed by atoms with van der Waals surface area (Å²) in [7, 11) is 1.31. The summed E-state index contributed by atoms with van der Waals surface area (Å²) in [5.74, 6) is -1.16. The molecule has 1 heterocycles. The van der Waals surface area contributed by atoms with Crippen molar-refractivity contribution in [2.24, 2.45) is 0 Å². The lowest BCUT2D eigenvalue weighted by molar-refractivity contribution is 0.0596. The van der Waals surface area contributed by atoms with Crippen molar-refractivity contribution in [1.29, 1.82) is 0 Å². The van der Waals surface area contributed by atoms with Crippen LogP contribution in [0.15, 0.2) is 66.7 Å². The van der Waals surface area contributed by atoms with Crippen LogP contribution in [0.2, 0.25) is 0 Å². The van der Waals surface area contributed by atoms with Gasteiger partial charge in [0.1, 0.15) is 17.3 Å². The number of carbonyl (C=O) groups is 1. The van der Waals surface area contributed by atoms with Crippen molar-refractivity contribution in [3.63, 3.8) is 0 Å². The Morgan fingerprint density at radius 1 is 0.815 bits per heavy atom. The van der Waals surface area contributed by atoms with E-state index in [2.05, 4.69) is 4.98 Å². The van der Waals surface area contributed by atoms with E-state index in [1.807, 2.05) is 18.2 Å². The highest BCUT2D eigenvalue weighted by Gasteiger charge is 2.20. The summed E-state index contributed by atoms with van der Waals surface area (Å²) in [5, 5.41) is 0.813. The van der Waals surface area contributed by atoms with E-state index in [0.29, 0.717) is 16.8 Å². The lowest BCUT2D eigenvalue weighted by Crippen LogP contribution is -2.03. The molecule has 0 aliphatic carbocycles. The molecule has 0 spiro atoms. The largest absolute Gasteiger partial charge is 0.464 e. The van der Waals surface area contributed by atoms with Crippen LogP contribution in [0.4, 0.5) is 8.78 Å². The zero-order valence-corrected chi connectivity index (χ0v) is 14.4. The first-order chi connectivity index (χ1) is 13.1. The minimum absolute atomic E-state index is 0.300. The Bertz CT molecular complexity index is 1130. The van der Waals surface area contributed by atoms with Gasteiger partial charge in [0.15, 0.2) is 0 Å². The molecule has 0 atom stereocenters. The average molecular weight is 363 g/mol. The highest BCUT2D eigenvalue weighted by atomic mass is 19.1. The number of hydrogen-bond donors (Lipinski definition) is 1. The highest BCUT2D eigenvalue weighted by molar-refractivity contribution is 6.08. The summed E-state index contributed by atoms with van der Waals surface area (Å²) in [4.78, 5) is 15.4. The second-order valence-corrected chi connectivity index (χ2v) is 6.14. The van der Waals surface area contributed by atoms with Crippen LogP contribution < -0.4 is 0 Å². The topological polar surface area (TPSA) is 42.1 Å². The summed E-state index contributed by atoms with van der Waals surface area (Å²) in [6.07, 6.45) is 0. The van der Waals surface area contributed by atoms with Crippen molar-refractivity contribution in [3.05, 3.63) is 84.1 Å². The molecule has 134 valence electrons. The van der Waals surface area contributed by atoms with Gasteiger partial charge in [-0.25, -0.2) is 13.6 Å². The van der Waals surface area contributed by atoms with Crippen molar-refractivity contribution in [1.82, 2.24) is 4.98 Å². The van der Waals surface area contributed by atoms with Crippen LogP contribution in [0.1, 0.15) is 10.5 Å². The third-order valence-electron chi connectivity index (χ3n) is 4.50. The van der Waals surface area contributed by atoms with Crippen LogP contribution in [0.25, 0.3) is 33.2 Å². The molecule has 0 saturated heterocycles. The monoisotopic (exact) mass is 363 g/mol. The van der Waals surface area contributed by atoms with E-state index < -0.39 is 5.97 Å². The summed E-state index contributed by atoms with van der Waals surface area (Å²) in [6, 6.07) is 17.8. The van der Waals surface area contributed by atoms with Gasteiger partial charge in [-0.2, -0.15) is 0 Å². The van der Waals surface area contributed by atoms with Crippen LogP contribution in [-0.2, 0) is 4.74 Å². The number of H-pyrrole nitrogens is 1. The molecular weight excluding hydrogens is 348 g/mol. The van der Waals surface area contributed by atoms with Crippen molar-refractivity contribution in [2.45, 2.75) is 0 Å². The Hall–Kier alpha value is -3.47. The first kappa shape index (κ1) is 17.0. The molecule has 3 aromatic carbocycles. The number of esters is 1. The van der Waals surface area contributed by atoms with Crippen LogP contribution in [0.5, 0.6) is 0 Å². The number of benzene rings is 3. The fourth-order valence-corrected chi connectivity index (χ4v) is 3.19. The molecule has 0 unspecified atom stereocenters. The summed E-state index contributed by atoms with van der Waals surface area (Å²) < 4.78 is 31.4. The molecule has 0 aliphatic heterocycles. The van der Waals surface area contributed by atoms with Gasteiger partial charge in [0.25, 0.3) is 0 Å². The predicted molar refractivity (Wildman–Crippen MR) is 100 cm³/mol. The quantitative estimate of drug-likeness (QED) is 0.484. The molecule has 0 amide bonds. The number of carbonyl (C=O) groups excluding carboxylic acids is 1. The Morgan fingerprint density at radius 2 is 1.37 bits per heavy atom. The van der Waals surface area contributed by atoms with Gasteiger partial charge in [0, 0.05) is 16.5 Å². The molecule has 27 heavy (non-hydrogen) atoms. The zero-order chi connectivity index (χ0) is 19.0. The van der Waals surface area contributed by atoms with Crippen LogP contribution in [-0.4, -0.2) is 18.1 Å². The van der Waals surface area contributed by atoms with E-state index in [0.717, 1.165) is 22.0 Å². The van der Waals surface area contributed by atoms with Gasteiger partial charge in [-0.05, 0) is 47.0 Å². The Morgan fingerprint density at radius 3 is 1.96 bits per heavy atom. The van der Waals surface area contributed by atoms with Crippen molar-refractivity contribution in [2.75, 3.05) is 7.11 Å². The Kier molecular flexibility index (Phi) is 4.20. The number of nitrogens with one attached hydrogen (secondary N) is 1. The van der Waals surface area contributed by atoms with Gasteiger partial charge in [-0.3, -0.25) is 0 Å². The molecule has 0 saturated carbocycles. The third-order valence-corrected chi connectivity index (χ3v) is 4.50. The van der Waals surface area contributed by atoms with E-state index in [1.54, 1.807) is 24.3 Å². The lowest BCUT2D eigenvalue weighted by atomic mass is 9.99. The third kappa shape index (κ3) is 3.08. The maximum absolute atomic E-state index is 13.3. The van der Waals surface area contributed by atoms with Gasteiger partial charge in [0.2, 0.25) is 0 Å². The fourth-order valence-electron chi connectivity index (χ4n) is 3.19. The molecule has 3 nitrogen and oxygen atoms in total. The number of ether oxygens (including phenoxy) is 1. The van der Waals surface area contributed by atoms with Gasteiger partial charge >= 0.3 is 5.97 Å². The molecule has 0 bridgehead atoms. The van der Waals surface area contributed by atoms with Crippen molar-refractivity contribution >= 4 is 16.9 Å². The summed E-state index contributed by atoms with van der Waals surface area (Å²) >= 11 is 0. The number of aromatic amines is 1. The number of rotatable bonds is 3. The molecule has 0 aliphatic rings. The summed E-state index contributed by atoms with van der Waals surface area (Å²) in [5.41, 5.74) is 4.13. The Balaban J connectivity index is 1.91. The smallest absolute Gasteiger partial charge is 0.355 e. The number of halogens is 2. The van der Waals surface area contributed by atoms with E-state index in [4.69, 9.17) is 4.74 Å². The summed E-state index contributed by atoms with van der Waals surface area (Å²) in [6.45, 7) is 0. The molecule has 4 rings (SSSR count).